The van der Waals surface area contributed by atoms with Crippen molar-refractivity contribution in [2.45, 2.75) is 5.92 Å². The first-order chi connectivity index (χ1) is 12.0. The van der Waals surface area contributed by atoms with Gasteiger partial charge in [0.15, 0.2) is 23.0 Å². The van der Waals surface area contributed by atoms with E-state index in [1.807, 2.05) is 6.07 Å². The summed E-state index contributed by atoms with van der Waals surface area (Å²) in [6.07, 6.45) is 0. The lowest BCUT2D eigenvalue weighted by molar-refractivity contribution is -0.385. The molecule has 124 valence electrons. The van der Waals surface area contributed by atoms with Crippen LogP contribution in [0.2, 0.25) is 0 Å². The van der Waals surface area contributed by atoms with E-state index in [4.69, 9.17) is 9.15 Å². The number of Topliss-reactive ketones (excluding diaryl/α,β-unsaturated/α-hetero) is 1. The summed E-state index contributed by atoms with van der Waals surface area (Å²) in [4.78, 5) is 27.1. The Bertz CT molecular complexity index is 986. The van der Waals surface area contributed by atoms with Gasteiger partial charge < -0.3 is 9.15 Å². The third-order valence-electron chi connectivity index (χ3n) is 3.61. The molecule has 8 heteroatoms. The van der Waals surface area contributed by atoms with Crippen LogP contribution in [-0.4, -0.2) is 22.8 Å². The Labute approximate surface area is 141 Å². The summed E-state index contributed by atoms with van der Waals surface area (Å²) in [5.74, 6) is -1.93. The molecule has 1 atom stereocenters. The number of ketones is 1. The van der Waals surface area contributed by atoms with E-state index in [1.54, 1.807) is 24.3 Å². The second-order valence-corrected chi connectivity index (χ2v) is 5.09. The maximum absolute atomic E-state index is 12.7. The van der Waals surface area contributed by atoms with E-state index in [0.717, 1.165) is 6.07 Å². The Kier molecular flexibility index (Phi) is 4.14. The fourth-order valence-corrected chi connectivity index (χ4v) is 2.39. The molecule has 1 aromatic heterocycles. The SMILES string of the molecule is COc1cc(C(=O)C(C#N)c2nc3ccccc3o2)ccc1[N+](=O)[O-]. The van der Waals surface area contributed by atoms with E-state index >= 15 is 0 Å². The number of ether oxygens (including phenoxy) is 1. The Balaban J connectivity index is 2.00. The number of carbonyl (C=O) groups excluding carboxylic acids is 1. The smallest absolute Gasteiger partial charge is 0.310 e. The summed E-state index contributed by atoms with van der Waals surface area (Å²) in [7, 11) is 1.26. The van der Waals surface area contributed by atoms with Gasteiger partial charge in [-0.15, -0.1) is 0 Å². The summed E-state index contributed by atoms with van der Waals surface area (Å²) in [5.41, 5.74) is 0.823. The summed E-state index contributed by atoms with van der Waals surface area (Å²) in [5, 5.41) is 20.3. The molecule has 0 N–H and O–H groups in total. The number of methoxy groups -OCH3 is 1. The van der Waals surface area contributed by atoms with E-state index in [0.29, 0.717) is 11.1 Å². The van der Waals surface area contributed by atoms with Gasteiger partial charge in [0.25, 0.3) is 0 Å². The van der Waals surface area contributed by atoms with E-state index in [1.165, 1.54) is 19.2 Å². The number of oxazole rings is 1. The summed E-state index contributed by atoms with van der Waals surface area (Å²) in [6, 6.07) is 12.4. The highest BCUT2D eigenvalue weighted by atomic mass is 16.6. The van der Waals surface area contributed by atoms with E-state index < -0.39 is 16.6 Å². The summed E-state index contributed by atoms with van der Waals surface area (Å²) in [6.45, 7) is 0. The minimum absolute atomic E-state index is 0.0222. The highest BCUT2D eigenvalue weighted by Gasteiger charge is 2.28. The molecule has 3 aromatic rings. The van der Waals surface area contributed by atoms with Crippen LogP contribution in [0, 0.1) is 21.4 Å². The molecule has 1 heterocycles. The van der Waals surface area contributed by atoms with Crippen molar-refractivity contribution in [3.05, 3.63) is 64.0 Å². The molecule has 0 spiro atoms. The molecule has 2 aromatic carbocycles. The first-order valence-electron chi connectivity index (χ1n) is 7.17. The molecular formula is C17H11N3O5. The van der Waals surface area contributed by atoms with Crippen LogP contribution in [0.1, 0.15) is 22.2 Å². The number of nitro benzene ring substituents is 1. The molecule has 8 nitrogen and oxygen atoms in total. The van der Waals surface area contributed by atoms with Crippen LogP contribution in [0.25, 0.3) is 11.1 Å². The second kappa shape index (κ2) is 6.41. The van der Waals surface area contributed by atoms with Gasteiger partial charge in [0.05, 0.1) is 18.1 Å². The topological polar surface area (TPSA) is 119 Å². The molecule has 0 saturated heterocycles. The van der Waals surface area contributed by atoms with Crippen molar-refractivity contribution in [3.63, 3.8) is 0 Å². The Morgan fingerprint density at radius 1 is 1.36 bits per heavy atom. The number of nitriles is 1. The quantitative estimate of drug-likeness (QED) is 0.398. The van der Waals surface area contributed by atoms with Gasteiger partial charge in [-0.05, 0) is 24.3 Å². The molecule has 0 radical (unpaired) electrons. The maximum atomic E-state index is 12.7. The number of hydrogen-bond donors (Lipinski definition) is 0. The molecule has 0 aliphatic carbocycles. The molecule has 0 bridgehead atoms. The number of para-hydroxylation sites is 2. The number of hydrogen-bond acceptors (Lipinski definition) is 7. The van der Waals surface area contributed by atoms with Crippen LogP contribution in [0.3, 0.4) is 0 Å². The third kappa shape index (κ3) is 2.90. The average Bonchev–Trinajstić information content (AvgIpc) is 3.05. The number of carbonyl (C=O) groups is 1. The lowest BCUT2D eigenvalue weighted by atomic mass is 9.98. The summed E-state index contributed by atoms with van der Waals surface area (Å²) >= 11 is 0. The first-order valence-corrected chi connectivity index (χ1v) is 7.17. The second-order valence-electron chi connectivity index (χ2n) is 5.09. The monoisotopic (exact) mass is 337 g/mol. The van der Waals surface area contributed by atoms with Gasteiger partial charge in [-0.3, -0.25) is 14.9 Å². The van der Waals surface area contributed by atoms with Crippen LogP contribution in [-0.2, 0) is 0 Å². The van der Waals surface area contributed by atoms with Crippen molar-refractivity contribution in [2.24, 2.45) is 0 Å². The van der Waals surface area contributed by atoms with Crippen molar-refractivity contribution in [1.82, 2.24) is 4.98 Å². The number of benzene rings is 2. The highest BCUT2D eigenvalue weighted by molar-refractivity contribution is 6.03. The third-order valence-corrected chi connectivity index (χ3v) is 3.61. The Hall–Kier alpha value is -3.73. The van der Waals surface area contributed by atoms with Gasteiger partial charge >= 0.3 is 5.69 Å². The van der Waals surface area contributed by atoms with Gasteiger partial charge in [-0.1, -0.05) is 12.1 Å². The molecule has 0 aliphatic heterocycles. The lowest BCUT2D eigenvalue weighted by Gasteiger charge is -2.07. The zero-order valence-corrected chi connectivity index (χ0v) is 13.0. The van der Waals surface area contributed by atoms with Gasteiger partial charge in [-0.2, -0.15) is 5.26 Å². The summed E-state index contributed by atoms with van der Waals surface area (Å²) < 4.78 is 10.4. The molecular weight excluding hydrogens is 326 g/mol. The predicted molar refractivity (Wildman–Crippen MR) is 86.3 cm³/mol. The van der Waals surface area contributed by atoms with Crippen molar-refractivity contribution < 1.29 is 18.9 Å². The number of nitro groups is 1. The number of rotatable bonds is 5. The maximum Gasteiger partial charge on any atom is 0.310 e. The normalized spacial score (nSPS) is 11.7. The van der Waals surface area contributed by atoms with Crippen molar-refractivity contribution in [3.8, 4) is 11.8 Å². The van der Waals surface area contributed by atoms with Crippen LogP contribution in [0.4, 0.5) is 5.69 Å². The van der Waals surface area contributed by atoms with E-state index in [2.05, 4.69) is 4.98 Å². The molecule has 1 unspecified atom stereocenters. The van der Waals surface area contributed by atoms with E-state index in [9.17, 15) is 20.2 Å². The fourth-order valence-electron chi connectivity index (χ4n) is 2.39. The highest BCUT2D eigenvalue weighted by Crippen LogP contribution is 2.30. The van der Waals surface area contributed by atoms with Crippen molar-refractivity contribution in [2.75, 3.05) is 7.11 Å². The van der Waals surface area contributed by atoms with Crippen LogP contribution >= 0.6 is 0 Å². The van der Waals surface area contributed by atoms with E-state index in [-0.39, 0.29) is 22.9 Å². The van der Waals surface area contributed by atoms with Crippen LogP contribution in [0.5, 0.6) is 5.75 Å². The molecule has 0 aliphatic rings. The number of nitrogens with zero attached hydrogens (tertiary/aromatic N) is 3. The standard InChI is InChI=1S/C17H11N3O5/c1-24-15-8-10(6-7-13(15)20(22)23)16(21)11(9-18)17-19-12-4-2-3-5-14(12)25-17/h2-8,11H,1H3. The molecule has 0 amide bonds. The van der Waals surface area contributed by atoms with Gasteiger partial charge in [0.2, 0.25) is 5.89 Å². The van der Waals surface area contributed by atoms with Crippen LogP contribution in [0.15, 0.2) is 46.9 Å². The van der Waals surface area contributed by atoms with Gasteiger partial charge in [0, 0.05) is 11.6 Å². The largest absolute Gasteiger partial charge is 0.490 e. The zero-order valence-electron chi connectivity index (χ0n) is 13.0. The minimum atomic E-state index is -1.27. The lowest BCUT2D eigenvalue weighted by Crippen LogP contribution is -2.12. The fraction of sp³-hybridized carbons (Fsp3) is 0.118. The first kappa shape index (κ1) is 16.1. The zero-order chi connectivity index (χ0) is 18.0. The van der Waals surface area contributed by atoms with Crippen molar-refractivity contribution in [1.29, 1.82) is 5.26 Å². The molecule has 0 saturated carbocycles. The van der Waals surface area contributed by atoms with Gasteiger partial charge in [0.1, 0.15) is 5.52 Å². The predicted octanol–water partition coefficient (Wildman–Crippen LogP) is 3.23. The van der Waals surface area contributed by atoms with Gasteiger partial charge in [-0.25, -0.2) is 4.98 Å². The molecule has 3 rings (SSSR count). The average molecular weight is 337 g/mol. The van der Waals surface area contributed by atoms with Crippen LogP contribution < -0.4 is 4.74 Å². The Morgan fingerprint density at radius 2 is 2.12 bits per heavy atom. The van der Waals surface area contributed by atoms with Crippen molar-refractivity contribution >= 4 is 22.6 Å². The Morgan fingerprint density at radius 3 is 2.76 bits per heavy atom. The number of fused-ring (bicyclic) bond motifs is 1. The minimum Gasteiger partial charge on any atom is -0.490 e. The molecule has 0 fully saturated rings. The number of aromatic nitrogens is 1. The molecule has 25 heavy (non-hydrogen) atoms.